The van der Waals surface area contributed by atoms with Gasteiger partial charge in [0.15, 0.2) is 0 Å². The second-order valence-corrected chi connectivity index (χ2v) is 7.54. The summed E-state index contributed by atoms with van der Waals surface area (Å²) in [6.45, 7) is 3.35. The summed E-state index contributed by atoms with van der Waals surface area (Å²) in [6.07, 6.45) is 5.99. The molecule has 0 atom stereocenters. The first-order valence-corrected chi connectivity index (χ1v) is 9.80. The minimum atomic E-state index is -0.0148. The van der Waals surface area contributed by atoms with Crippen molar-refractivity contribution in [1.29, 1.82) is 0 Å². The van der Waals surface area contributed by atoms with Crippen LogP contribution in [0, 0.1) is 5.92 Å². The third kappa shape index (κ3) is 3.99. The van der Waals surface area contributed by atoms with Gasteiger partial charge in [-0.05, 0) is 48.8 Å². The normalized spacial score (nSPS) is 22.8. The van der Waals surface area contributed by atoms with Crippen LogP contribution in [0.4, 0.5) is 0 Å². The number of nitrogens with one attached hydrogen (secondary N) is 1. The molecule has 0 radical (unpaired) electrons. The number of hydrogen-bond donors (Lipinski definition) is 2. The van der Waals surface area contributed by atoms with Crippen molar-refractivity contribution in [2.45, 2.75) is 51.0 Å². The van der Waals surface area contributed by atoms with E-state index in [0.717, 1.165) is 24.3 Å². The van der Waals surface area contributed by atoms with E-state index < -0.39 is 0 Å². The molecule has 1 aliphatic rings. The van der Waals surface area contributed by atoms with E-state index in [1.807, 2.05) is 24.3 Å². The third-order valence-electron chi connectivity index (χ3n) is 6.10. The number of carbonyl (C=O) groups excluding carboxylic acids is 1. The molecule has 3 nitrogen and oxygen atoms in total. The van der Waals surface area contributed by atoms with Crippen molar-refractivity contribution >= 4 is 5.91 Å². The fraction of sp³-hybridized carbons (Fsp3) is 0.435. The zero-order valence-electron chi connectivity index (χ0n) is 15.7. The Morgan fingerprint density at radius 1 is 1.08 bits per heavy atom. The summed E-state index contributed by atoms with van der Waals surface area (Å²) in [6, 6.07) is 18.3. The van der Waals surface area contributed by atoms with Crippen LogP contribution in [0.5, 0.6) is 0 Å². The van der Waals surface area contributed by atoms with Gasteiger partial charge in [-0.1, -0.05) is 61.9 Å². The lowest BCUT2D eigenvalue weighted by Crippen LogP contribution is -2.43. The summed E-state index contributed by atoms with van der Waals surface area (Å²) in [5, 5.41) is 3.22. The molecule has 0 aromatic heterocycles. The average Bonchev–Trinajstić information content (AvgIpc) is 2.73. The fourth-order valence-electron chi connectivity index (χ4n) is 4.26. The third-order valence-corrected chi connectivity index (χ3v) is 6.10. The van der Waals surface area contributed by atoms with Crippen LogP contribution in [-0.2, 0) is 12.0 Å². The number of rotatable bonds is 6. The van der Waals surface area contributed by atoms with E-state index in [4.69, 9.17) is 5.73 Å². The number of amides is 1. The van der Waals surface area contributed by atoms with Crippen LogP contribution in [0.2, 0.25) is 0 Å². The van der Waals surface area contributed by atoms with Crippen molar-refractivity contribution in [2.75, 3.05) is 6.54 Å². The lowest BCUT2D eigenvalue weighted by atomic mass is 9.66. The van der Waals surface area contributed by atoms with E-state index in [-0.39, 0.29) is 11.3 Å². The zero-order valence-corrected chi connectivity index (χ0v) is 15.7. The molecule has 1 saturated carbocycles. The quantitative estimate of drug-likeness (QED) is 0.810. The maximum Gasteiger partial charge on any atom is 0.251 e. The Bertz CT molecular complexity index is 718. The Kier molecular flexibility index (Phi) is 6.10. The van der Waals surface area contributed by atoms with Gasteiger partial charge in [-0.3, -0.25) is 4.79 Å². The van der Waals surface area contributed by atoms with Crippen LogP contribution in [0.3, 0.4) is 0 Å². The molecule has 0 aliphatic heterocycles. The van der Waals surface area contributed by atoms with E-state index in [1.165, 1.54) is 24.8 Å². The standard InChI is InChI=1S/C23H30N2O/c1-2-18-12-14-23(15-13-18,20-9-4-3-5-10-20)17-25-22(26)21-11-7-6-8-19(21)16-24/h3-11,18H,2,12-17,24H2,1H3,(H,25,26). The van der Waals surface area contributed by atoms with Gasteiger partial charge in [-0.2, -0.15) is 0 Å². The minimum absolute atomic E-state index is 0.0148. The molecule has 1 aliphatic carbocycles. The van der Waals surface area contributed by atoms with Crippen molar-refractivity contribution in [3.63, 3.8) is 0 Å². The van der Waals surface area contributed by atoms with Crippen LogP contribution >= 0.6 is 0 Å². The van der Waals surface area contributed by atoms with Gasteiger partial charge in [0, 0.05) is 24.1 Å². The maximum atomic E-state index is 12.8. The Morgan fingerprint density at radius 2 is 1.73 bits per heavy atom. The molecule has 138 valence electrons. The number of carbonyl (C=O) groups is 1. The summed E-state index contributed by atoms with van der Waals surface area (Å²) >= 11 is 0. The van der Waals surface area contributed by atoms with Crippen LogP contribution in [0.25, 0.3) is 0 Å². The summed E-state index contributed by atoms with van der Waals surface area (Å²) in [5.74, 6) is 0.805. The van der Waals surface area contributed by atoms with Gasteiger partial charge in [0.2, 0.25) is 0 Å². The van der Waals surface area contributed by atoms with Gasteiger partial charge in [0.05, 0.1) is 0 Å². The summed E-state index contributed by atoms with van der Waals surface area (Å²) in [7, 11) is 0. The molecule has 3 N–H and O–H groups in total. The predicted molar refractivity (Wildman–Crippen MR) is 107 cm³/mol. The first kappa shape index (κ1) is 18.7. The van der Waals surface area contributed by atoms with E-state index >= 15 is 0 Å². The van der Waals surface area contributed by atoms with Crippen LogP contribution in [0.15, 0.2) is 54.6 Å². The predicted octanol–water partition coefficient (Wildman–Crippen LogP) is 4.41. The highest BCUT2D eigenvalue weighted by molar-refractivity contribution is 5.95. The SMILES string of the molecule is CCC1CCC(CNC(=O)c2ccccc2CN)(c2ccccc2)CC1. The lowest BCUT2D eigenvalue weighted by molar-refractivity contribution is 0.0931. The molecule has 26 heavy (non-hydrogen) atoms. The molecule has 3 heteroatoms. The Hall–Kier alpha value is -2.13. The molecular weight excluding hydrogens is 320 g/mol. The zero-order chi connectivity index (χ0) is 18.4. The molecule has 1 fully saturated rings. The monoisotopic (exact) mass is 350 g/mol. The Labute approximate surface area is 157 Å². The topological polar surface area (TPSA) is 55.1 Å². The first-order chi connectivity index (χ1) is 12.7. The van der Waals surface area contributed by atoms with Crippen molar-refractivity contribution in [3.8, 4) is 0 Å². The smallest absolute Gasteiger partial charge is 0.251 e. The van der Waals surface area contributed by atoms with Crippen molar-refractivity contribution in [2.24, 2.45) is 11.7 Å². The molecule has 2 aromatic rings. The Morgan fingerprint density at radius 3 is 2.38 bits per heavy atom. The highest BCUT2D eigenvalue weighted by atomic mass is 16.1. The highest BCUT2D eigenvalue weighted by Gasteiger charge is 2.36. The number of hydrogen-bond acceptors (Lipinski definition) is 2. The average molecular weight is 351 g/mol. The molecular formula is C23H30N2O. The van der Waals surface area contributed by atoms with E-state index in [2.05, 4.69) is 42.6 Å². The molecule has 0 heterocycles. The van der Waals surface area contributed by atoms with E-state index in [0.29, 0.717) is 18.7 Å². The molecule has 0 bridgehead atoms. The lowest BCUT2D eigenvalue weighted by Gasteiger charge is -2.41. The first-order valence-electron chi connectivity index (χ1n) is 9.80. The van der Waals surface area contributed by atoms with Crippen LogP contribution < -0.4 is 11.1 Å². The molecule has 0 unspecified atom stereocenters. The second kappa shape index (κ2) is 8.50. The van der Waals surface area contributed by atoms with Gasteiger partial charge < -0.3 is 11.1 Å². The van der Waals surface area contributed by atoms with Gasteiger partial charge in [-0.15, -0.1) is 0 Å². The molecule has 1 amide bonds. The summed E-state index contributed by atoms with van der Waals surface area (Å²) < 4.78 is 0. The fourth-order valence-corrected chi connectivity index (χ4v) is 4.26. The molecule has 3 rings (SSSR count). The molecule has 2 aromatic carbocycles. The van der Waals surface area contributed by atoms with Crippen LogP contribution in [0.1, 0.15) is 60.5 Å². The second-order valence-electron chi connectivity index (χ2n) is 7.54. The van der Waals surface area contributed by atoms with Crippen molar-refractivity contribution in [3.05, 3.63) is 71.3 Å². The van der Waals surface area contributed by atoms with Gasteiger partial charge in [0.25, 0.3) is 5.91 Å². The summed E-state index contributed by atoms with van der Waals surface area (Å²) in [5.41, 5.74) is 8.78. The minimum Gasteiger partial charge on any atom is -0.351 e. The van der Waals surface area contributed by atoms with Gasteiger partial charge >= 0.3 is 0 Å². The van der Waals surface area contributed by atoms with E-state index in [9.17, 15) is 4.79 Å². The molecule has 0 saturated heterocycles. The van der Waals surface area contributed by atoms with Crippen LogP contribution in [-0.4, -0.2) is 12.5 Å². The van der Waals surface area contributed by atoms with Gasteiger partial charge in [0.1, 0.15) is 0 Å². The molecule has 0 spiro atoms. The number of benzene rings is 2. The summed E-state index contributed by atoms with van der Waals surface area (Å²) in [4.78, 5) is 12.8. The van der Waals surface area contributed by atoms with Gasteiger partial charge in [-0.25, -0.2) is 0 Å². The Balaban J connectivity index is 1.78. The van der Waals surface area contributed by atoms with E-state index in [1.54, 1.807) is 0 Å². The number of nitrogens with two attached hydrogens (primary N) is 1. The van der Waals surface area contributed by atoms with Crippen molar-refractivity contribution in [1.82, 2.24) is 5.32 Å². The highest BCUT2D eigenvalue weighted by Crippen LogP contribution is 2.42. The van der Waals surface area contributed by atoms with Crippen molar-refractivity contribution < 1.29 is 4.79 Å². The largest absolute Gasteiger partial charge is 0.351 e. The maximum absolute atomic E-state index is 12.8.